The summed E-state index contributed by atoms with van der Waals surface area (Å²) in [5.41, 5.74) is 1.15. The molecule has 5 nitrogen and oxygen atoms in total. The second-order valence-electron chi connectivity index (χ2n) is 7.06. The SMILES string of the molecule is CCCCCCCCCCc1cccc(Oc2ccc([O-])c(S(=O)(=O)O)c2)c1.[Na+]. The van der Waals surface area contributed by atoms with Crippen LogP contribution in [0.1, 0.15) is 63.9 Å². The molecule has 7 heteroatoms. The van der Waals surface area contributed by atoms with Gasteiger partial charge in [-0.15, -0.1) is 0 Å². The van der Waals surface area contributed by atoms with Crippen molar-refractivity contribution in [3.05, 3.63) is 48.0 Å². The molecule has 29 heavy (non-hydrogen) atoms. The van der Waals surface area contributed by atoms with Gasteiger partial charge in [-0.05, 0) is 36.6 Å². The number of benzene rings is 2. The summed E-state index contributed by atoms with van der Waals surface area (Å²) in [6.07, 6.45) is 11.1. The van der Waals surface area contributed by atoms with E-state index in [9.17, 15) is 13.5 Å². The minimum absolute atomic E-state index is 0. The predicted molar refractivity (Wildman–Crippen MR) is 109 cm³/mol. The van der Waals surface area contributed by atoms with Crippen LogP contribution in [-0.4, -0.2) is 13.0 Å². The summed E-state index contributed by atoms with van der Waals surface area (Å²) in [7, 11) is -4.57. The molecular formula is C22H29NaO5S. The molecule has 0 fully saturated rings. The summed E-state index contributed by atoms with van der Waals surface area (Å²) < 4.78 is 37.3. The molecular weight excluding hydrogens is 399 g/mol. The van der Waals surface area contributed by atoms with E-state index in [1.165, 1.54) is 51.0 Å². The molecule has 0 saturated carbocycles. The Hall–Kier alpha value is -1.05. The van der Waals surface area contributed by atoms with Crippen LogP contribution in [0.4, 0.5) is 0 Å². The van der Waals surface area contributed by atoms with Crippen LogP contribution >= 0.6 is 0 Å². The van der Waals surface area contributed by atoms with Crippen LogP contribution in [0, 0.1) is 0 Å². The normalized spacial score (nSPS) is 11.1. The second kappa shape index (κ2) is 13.3. The molecule has 0 aliphatic heterocycles. The first-order valence-electron chi connectivity index (χ1n) is 9.95. The molecule has 2 aromatic carbocycles. The van der Waals surface area contributed by atoms with Gasteiger partial charge < -0.3 is 9.84 Å². The molecule has 0 heterocycles. The zero-order valence-electron chi connectivity index (χ0n) is 17.4. The summed E-state index contributed by atoms with van der Waals surface area (Å²) in [6, 6.07) is 11.1. The molecule has 0 radical (unpaired) electrons. The topological polar surface area (TPSA) is 86.7 Å². The first-order chi connectivity index (χ1) is 13.4. The van der Waals surface area contributed by atoms with E-state index in [0.29, 0.717) is 5.75 Å². The van der Waals surface area contributed by atoms with E-state index in [1.54, 1.807) is 6.07 Å². The van der Waals surface area contributed by atoms with Crippen molar-refractivity contribution in [1.29, 1.82) is 0 Å². The van der Waals surface area contributed by atoms with Gasteiger partial charge in [0.2, 0.25) is 0 Å². The van der Waals surface area contributed by atoms with E-state index < -0.39 is 20.8 Å². The Morgan fingerprint density at radius 3 is 2.17 bits per heavy atom. The second-order valence-corrected chi connectivity index (χ2v) is 8.45. The van der Waals surface area contributed by atoms with Crippen molar-refractivity contribution >= 4 is 10.1 Å². The first-order valence-corrected chi connectivity index (χ1v) is 11.4. The third-order valence-corrected chi connectivity index (χ3v) is 5.52. The van der Waals surface area contributed by atoms with Gasteiger partial charge in [-0.1, -0.05) is 75.8 Å². The standard InChI is InChI=1S/C22H30O5S.Na/c1-2-3-4-5-6-7-8-9-11-18-12-10-13-19(16-18)27-20-14-15-21(23)22(17-20)28(24,25)26;/h10,12-17,23H,2-9,11H2,1H3,(H,24,25,26);/q;+1/p-1. The molecule has 2 aromatic rings. The van der Waals surface area contributed by atoms with E-state index in [4.69, 9.17) is 9.29 Å². The number of hydrogen-bond donors (Lipinski definition) is 1. The van der Waals surface area contributed by atoms with Crippen LogP contribution in [0.3, 0.4) is 0 Å². The van der Waals surface area contributed by atoms with Crippen molar-refractivity contribution in [2.75, 3.05) is 0 Å². The molecule has 0 saturated heterocycles. The van der Waals surface area contributed by atoms with Crippen molar-refractivity contribution in [2.24, 2.45) is 0 Å². The van der Waals surface area contributed by atoms with Gasteiger partial charge in [0.1, 0.15) is 11.5 Å². The molecule has 0 unspecified atom stereocenters. The van der Waals surface area contributed by atoms with Gasteiger partial charge >= 0.3 is 29.6 Å². The fourth-order valence-corrected chi connectivity index (χ4v) is 3.70. The largest absolute Gasteiger partial charge is 1.00 e. The molecule has 0 spiro atoms. The molecule has 0 aliphatic carbocycles. The fraction of sp³-hybridized carbons (Fsp3) is 0.455. The Labute approximate surface area is 196 Å². The maximum Gasteiger partial charge on any atom is 1.00 e. The zero-order chi connectivity index (χ0) is 20.4. The smallest absolute Gasteiger partial charge is 0.872 e. The fourth-order valence-electron chi connectivity index (χ4n) is 3.12. The van der Waals surface area contributed by atoms with Crippen LogP contribution in [0.5, 0.6) is 17.2 Å². The molecule has 1 N–H and O–H groups in total. The number of aryl methyl sites for hydroxylation is 1. The Bertz CT molecular complexity index is 852. The maximum atomic E-state index is 11.6. The molecule has 0 aromatic heterocycles. The van der Waals surface area contributed by atoms with Crippen molar-refractivity contribution in [2.45, 2.75) is 69.6 Å². The van der Waals surface area contributed by atoms with Crippen molar-refractivity contribution in [3.63, 3.8) is 0 Å². The van der Waals surface area contributed by atoms with Crippen LogP contribution in [-0.2, 0) is 16.5 Å². The van der Waals surface area contributed by atoms with E-state index in [0.717, 1.165) is 30.5 Å². The maximum absolute atomic E-state index is 11.6. The quantitative estimate of drug-likeness (QED) is 0.319. The van der Waals surface area contributed by atoms with Crippen molar-refractivity contribution < 1.29 is 52.4 Å². The summed E-state index contributed by atoms with van der Waals surface area (Å²) in [4.78, 5) is -0.680. The predicted octanol–water partition coefficient (Wildman–Crippen LogP) is 2.49. The van der Waals surface area contributed by atoms with Crippen molar-refractivity contribution in [1.82, 2.24) is 0 Å². The summed E-state index contributed by atoms with van der Waals surface area (Å²) >= 11 is 0. The van der Waals surface area contributed by atoms with Crippen LogP contribution < -0.4 is 39.4 Å². The molecule has 2 rings (SSSR count). The van der Waals surface area contributed by atoms with Gasteiger partial charge in [-0.25, -0.2) is 0 Å². The molecule has 0 bridgehead atoms. The Kier molecular flexibility index (Phi) is 11.9. The summed E-state index contributed by atoms with van der Waals surface area (Å²) in [5.74, 6) is -0.00764. The Morgan fingerprint density at radius 2 is 1.52 bits per heavy atom. The van der Waals surface area contributed by atoms with Gasteiger partial charge in [0.25, 0.3) is 10.1 Å². The minimum Gasteiger partial charge on any atom is -0.872 e. The number of hydrogen-bond acceptors (Lipinski definition) is 4. The molecule has 0 amide bonds. The first kappa shape index (κ1) is 26.0. The van der Waals surface area contributed by atoms with Gasteiger partial charge in [0.05, 0.1) is 4.90 Å². The Morgan fingerprint density at radius 1 is 0.897 bits per heavy atom. The third kappa shape index (κ3) is 9.53. The van der Waals surface area contributed by atoms with E-state index in [2.05, 4.69) is 6.92 Å². The minimum atomic E-state index is -4.57. The number of rotatable bonds is 12. The van der Waals surface area contributed by atoms with Crippen molar-refractivity contribution in [3.8, 4) is 17.2 Å². The third-order valence-electron chi connectivity index (χ3n) is 4.65. The monoisotopic (exact) mass is 428 g/mol. The van der Waals surface area contributed by atoms with Gasteiger partial charge in [-0.3, -0.25) is 4.55 Å². The van der Waals surface area contributed by atoms with E-state index in [1.807, 2.05) is 18.2 Å². The molecule has 0 aliphatic rings. The molecule has 0 atom stereocenters. The number of unbranched alkanes of at least 4 members (excludes halogenated alkanes) is 7. The average molecular weight is 429 g/mol. The summed E-state index contributed by atoms with van der Waals surface area (Å²) in [6.45, 7) is 2.23. The Balaban J connectivity index is 0.00000420. The average Bonchev–Trinajstić information content (AvgIpc) is 2.65. The zero-order valence-corrected chi connectivity index (χ0v) is 20.2. The molecule has 154 valence electrons. The van der Waals surface area contributed by atoms with Gasteiger partial charge in [-0.2, -0.15) is 8.42 Å². The van der Waals surface area contributed by atoms with E-state index >= 15 is 0 Å². The van der Waals surface area contributed by atoms with E-state index in [-0.39, 0.29) is 35.3 Å². The van der Waals surface area contributed by atoms with Crippen LogP contribution in [0.2, 0.25) is 0 Å². The van der Waals surface area contributed by atoms with Crippen LogP contribution in [0.25, 0.3) is 0 Å². The van der Waals surface area contributed by atoms with Gasteiger partial charge in [0.15, 0.2) is 0 Å². The van der Waals surface area contributed by atoms with Gasteiger partial charge in [0, 0.05) is 6.07 Å². The van der Waals surface area contributed by atoms with Crippen LogP contribution in [0.15, 0.2) is 47.4 Å². The number of ether oxygens (including phenoxy) is 1. The summed E-state index contributed by atoms with van der Waals surface area (Å²) in [5, 5.41) is 11.6.